The number of nitrogens with one attached hydrogen (secondary N) is 1. The van der Waals surface area contributed by atoms with Crippen LogP contribution in [0.15, 0.2) is 53.4 Å². The molecular formula is C17H21NOS. The second-order valence-corrected chi connectivity index (χ2v) is 5.42. The predicted molar refractivity (Wildman–Crippen MR) is 86.7 cm³/mol. The fourth-order valence-electron chi connectivity index (χ4n) is 1.91. The van der Waals surface area contributed by atoms with E-state index in [9.17, 15) is 0 Å². The Morgan fingerprint density at radius 3 is 2.50 bits per heavy atom. The maximum absolute atomic E-state index is 5.94. The standard InChI is InChI=1S/C17H21NOS/c1-3-12-18-13-14-8-10-15(11-9-14)19-16-6-4-5-7-17(16)20-2/h4-11,18H,3,12-13H2,1-2H3. The van der Waals surface area contributed by atoms with Crippen LogP contribution in [0.4, 0.5) is 0 Å². The van der Waals surface area contributed by atoms with Gasteiger partial charge in [0.05, 0.1) is 0 Å². The third-order valence-electron chi connectivity index (χ3n) is 2.98. The quantitative estimate of drug-likeness (QED) is 0.589. The molecule has 0 aromatic heterocycles. The van der Waals surface area contributed by atoms with E-state index in [0.29, 0.717) is 0 Å². The molecule has 0 saturated carbocycles. The van der Waals surface area contributed by atoms with E-state index in [-0.39, 0.29) is 0 Å². The highest BCUT2D eigenvalue weighted by molar-refractivity contribution is 7.98. The van der Waals surface area contributed by atoms with Crippen LogP contribution in [0, 0.1) is 0 Å². The lowest BCUT2D eigenvalue weighted by molar-refractivity contribution is 0.471. The highest BCUT2D eigenvalue weighted by Gasteiger charge is 2.03. The highest BCUT2D eigenvalue weighted by atomic mass is 32.2. The molecule has 106 valence electrons. The number of thioether (sulfide) groups is 1. The van der Waals surface area contributed by atoms with E-state index in [1.807, 2.05) is 30.3 Å². The molecule has 0 aliphatic rings. The van der Waals surface area contributed by atoms with Crippen molar-refractivity contribution < 1.29 is 4.74 Å². The maximum Gasteiger partial charge on any atom is 0.140 e. The van der Waals surface area contributed by atoms with Gasteiger partial charge in [0.1, 0.15) is 11.5 Å². The Morgan fingerprint density at radius 2 is 1.80 bits per heavy atom. The van der Waals surface area contributed by atoms with Crippen molar-refractivity contribution >= 4 is 11.8 Å². The average Bonchev–Trinajstić information content (AvgIpc) is 2.50. The summed E-state index contributed by atoms with van der Waals surface area (Å²) in [5.74, 6) is 1.79. The van der Waals surface area contributed by atoms with E-state index in [1.54, 1.807) is 11.8 Å². The molecular weight excluding hydrogens is 266 g/mol. The van der Waals surface area contributed by atoms with Gasteiger partial charge in [0, 0.05) is 11.4 Å². The van der Waals surface area contributed by atoms with Crippen LogP contribution in [0.3, 0.4) is 0 Å². The fourth-order valence-corrected chi connectivity index (χ4v) is 2.44. The van der Waals surface area contributed by atoms with E-state index in [4.69, 9.17) is 4.74 Å². The molecule has 1 N–H and O–H groups in total. The van der Waals surface area contributed by atoms with E-state index in [2.05, 4.69) is 36.7 Å². The first-order chi connectivity index (χ1) is 9.83. The fraction of sp³-hybridized carbons (Fsp3) is 0.294. The number of hydrogen-bond donors (Lipinski definition) is 1. The van der Waals surface area contributed by atoms with Crippen LogP contribution in [0.1, 0.15) is 18.9 Å². The number of rotatable bonds is 7. The molecule has 2 rings (SSSR count). The summed E-state index contributed by atoms with van der Waals surface area (Å²) in [5.41, 5.74) is 1.28. The van der Waals surface area contributed by atoms with Crippen LogP contribution in [-0.2, 0) is 6.54 Å². The van der Waals surface area contributed by atoms with Gasteiger partial charge in [-0.3, -0.25) is 0 Å². The van der Waals surface area contributed by atoms with E-state index in [0.717, 1.165) is 35.9 Å². The normalized spacial score (nSPS) is 10.5. The van der Waals surface area contributed by atoms with Crippen molar-refractivity contribution in [1.82, 2.24) is 5.32 Å². The van der Waals surface area contributed by atoms with Gasteiger partial charge >= 0.3 is 0 Å². The number of ether oxygens (including phenoxy) is 1. The molecule has 0 aliphatic heterocycles. The van der Waals surface area contributed by atoms with E-state index < -0.39 is 0 Å². The lowest BCUT2D eigenvalue weighted by atomic mass is 10.2. The zero-order chi connectivity index (χ0) is 14.2. The van der Waals surface area contributed by atoms with E-state index >= 15 is 0 Å². The lowest BCUT2D eigenvalue weighted by Gasteiger charge is -2.10. The van der Waals surface area contributed by atoms with Gasteiger partial charge in [-0.2, -0.15) is 0 Å². The first-order valence-electron chi connectivity index (χ1n) is 6.94. The third-order valence-corrected chi connectivity index (χ3v) is 3.75. The molecule has 0 amide bonds. The smallest absolute Gasteiger partial charge is 0.140 e. The number of para-hydroxylation sites is 1. The largest absolute Gasteiger partial charge is 0.456 e. The van der Waals surface area contributed by atoms with Crippen LogP contribution < -0.4 is 10.1 Å². The van der Waals surface area contributed by atoms with Crippen LogP contribution in [-0.4, -0.2) is 12.8 Å². The van der Waals surface area contributed by atoms with Gasteiger partial charge in [0.2, 0.25) is 0 Å². The molecule has 0 radical (unpaired) electrons. The molecule has 0 bridgehead atoms. The van der Waals surface area contributed by atoms with Crippen molar-refractivity contribution in [2.75, 3.05) is 12.8 Å². The van der Waals surface area contributed by atoms with Crippen LogP contribution >= 0.6 is 11.8 Å². The summed E-state index contributed by atoms with van der Waals surface area (Å²) in [4.78, 5) is 1.15. The maximum atomic E-state index is 5.94. The minimum atomic E-state index is 0.880. The van der Waals surface area contributed by atoms with Gasteiger partial charge < -0.3 is 10.1 Å². The van der Waals surface area contributed by atoms with Crippen molar-refractivity contribution in [1.29, 1.82) is 0 Å². The van der Waals surface area contributed by atoms with Crippen LogP contribution in [0.25, 0.3) is 0 Å². The minimum Gasteiger partial charge on any atom is -0.456 e. The first-order valence-corrected chi connectivity index (χ1v) is 8.16. The molecule has 0 unspecified atom stereocenters. The average molecular weight is 287 g/mol. The Kier molecular flexibility index (Phi) is 5.96. The molecule has 2 aromatic rings. The summed E-state index contributed by atoms with van der Waals surface area (Å²) in [5, 5.41) is 3.39. The van der Waals surface area contributed by atoms with Gasteiger partial charge in [-0.15, -0.1) is 11.8 Å². The number of hydrogen-bond acceptors (Lipinski definition) is 3. The third kappa shape index (κ3) is 4.29. The predicted octanol–water partition coefficient (Wildman–Crippen LogP) is 4.70. The molecule has 0 spiro atoms. The Hall–Kier alpha value is -1.45. The van der Waals surface area contributed by atoms with Crippen molar-refractivity contribution in [2.45, 2.75) is 24.8 Å². The van der Waals surface area contributed by atoms with Gasteiger partial charge in [0.15, 0.2) is 0 Å². The molecule has 3 heteroatoms. The highest BCUT2D eigenvalue weighted by Crippen LogP contribution is 2.31. The van der Waals surface area contributed by atoms with Crippen molar-refractivity contribution in [2.24, 2.45) is 0 Å². The van der Waals surface area contributed by atoms with Crippen LogP contribution in [0.5, 0.6) is 11.5 Å². The van der Waals surface area contributed by atoms with Gasteiger partial charge in [-0.1, -0.05) is 31.2 Å². The SMILES string of the molecule is CCCNCc1ccc(Oc2ccccc2SC)cc1. The number of benzene rings is 2. The zero-order valence-electron chi connectivity index (χ0n) is 12.1. The molecule has 0 fully saturated rings. The van der Waals surface area contributed by atoms with Crippen molar-refractivity contribution in [3.05, 3.63) is 54.1 Å². The van der Waals surface area contributed by atoms with Gasteiger partial charge in [-0.25, -0.2) is 0 Å². The van der Waals surface area contributed by atoms with Crippen molar-refractivity contribution in [3.63, 3.8) is 0 Å². The summed E-state index contributed by atoms with van der Waals surface area (Å²) in [6, 6.07) is 16.4. The Labute approximate surface area is 125 Å². The molecule has 0 aliphatic carbocycles. The molecule has 2 aromatic carbocycles. The molecule has 0 saturated heterocycles. The monoisotopic (exact) mass is 287 g/mol. The summed E-state index contributed by atoms with van der Waals surface area (Å²) in [6.07, 6.45) is 3.22. The second-order valence-electron chi connectivity index (χ2n) is 4.57. The van der Waals surface area contributed by atoms with Crippen LogP contribution in [0.2, 0.25) is 0 Å². The lowest BCUT2D eigenvalue weighted by Crippen LogP contribution is -2.13. The van der Waals surface area contributed by atoms with Crippen molar-refractivity contribution in [3.8, 4) is 11.5 Å². The Morgan fingerprint density at radius 1 is 1.05 bits per heavy atom. The van der Waals surface area contributed by atoms with Gasteiger partial charge in [0.25, 0.3) is 0 Å². The molecule has 0 heterocycles. The first kappa shape index (κ1) is 14.9. The Bertz CT molecular complexity index is 525. The summed E-state index contributed by atoms with van der Waals surface area (Å²) >= 11 is 1.70. The molecule has 0 atom stereocenters. The van der Waals surface area contributed by atoms with E-state index in [1.165, 1.54) is 5.56 Å². The topological polar surface area (TPSA) is 21.3 Å². The molecule has 20 heavy (non-hydrogen) atoms. The zero-order valence-corrected chi connectivity index (χ0v) is 12.9. The summed E-state index contributed by atoms with van der Waals surface area (Å²) in [7, 11) is 0. The summed E-state index contributed by atoms with van der Waals surface area (Å²) in [6.45, 7) is 4.14. The molecule has 2 nitrogen and oxygen atoms in total. The minimum absolute atomic E-state index is 0.880. The van der Waals surface area contributed by atoms with Gasteiger partial charge in [-0.05, 0) is 49.1 Å². The second kappa shape index (κ2) is 7.98. The summed E-state index contributed by atoms with van der Waals surface area (Å²) < 4.78 is 5.94. The Balaban J connectivity index is 1.99.